The Kier molecular flexibility index (Phi) is 4.34. The Morgan fingerprint density at radius 3 is 2.87 bits per heavy atom. The summed E-state index contributed by atoms with van der Waals surface area (Å²) < 4.78 is 15.6. The lowest BCUT2D eigenvalue weighted by molar-refractivity contribution is -0.139. The third-order valence-electron chi connectivity index (χ3n) is 3.03. The molecule has 23 heavy (non-hydrogen) atoms. The van der Waals surface area contributed by atoms with Gasteiger partial charge in [0.25, 0.3) is 0 Å². The highest BCUT2D eigenvalue weighted by atomic mass is 35.5. The Balaban J connectivity index is 1.72. The van der Waals surface area contributed by atoms with Gasteiger partial charge in [0, 0.05) is 12.3 Å². The highest BCUT2D eigenvalue weighted by Crippen LogP contribution is 2.35. The molecule has 3 rings (SSSR count). The number of carboxylic acid groups (broad SMARTS) is 1. The van der Waals surface area contributed by atoms with Gasteiger partial charge >= 0.3 is 5.97 Å². The molecule has 0 amide bonds. The van der Waals surface area contributed by atoms with E-state index >= 15 is 0 Å². The lowest BCUT2D eigenvalue weighted by atomic mass is 10.2. The van der Waals surface area contributed by atoms with E-state index in [1.165, 1.54) is 0 Å². The molecule has 6 nitrogen and oxygen atoms in total. The van der Waals surface area contributed by atoms with E-state index in [1.807, 2.05) is 6.07 Å². The summed E-state index contributed by atoms with van der Waals surface area (Å²) in [6.45, 7) is -0.222. The number of carboxylic acids is 1. The van der Waals surface area contributed by atoms with Gasteiger partial charge in [-0.2, -0.15) is 0 Å². The van der Waals surface area contributed by atoms with Gasteiger partial charge in [-0.05, 0) is 35.9 Å². The zero-order valence-corrected chi connectivity index (χ0v) is 12.6. The zero-order valence-electron chi connectivity index (χ0n) is 11.9. The first kappa shape index (κ1) is 15.2. The lowest BCUT2D eigenvalue weighted by Crippen LogP contribution is -2.09. The fraction of sp³-hybridized carbons (Fsp3) is 0.125. The third-order valence-corrected chi connectivity index (χ3v) is 3.32. The van der Waals surface area contributed by atoms with E-state index in [0.29, 0.717) is 22.3 Å². The smallest absolute Gasteiger partial charge is 0.341 e. The summed E-state index contributed by atoms with van der Waals surface area (Å²) in [7, 11) is 0. The maximum absolute atomic E-state index is 10.5. The Morgan fingerprint density at radius 1 is 1.26 bits per heavy atom. The molecule has 0 fully saturated rings. The number of fused-ring (bicyclic) bond motifs is 1. The molecule has 0 radical (unpaired) electrons. The lowest BCUT2D eigenvalue weighted by Gasteiger charge is -2.05. The molecule has 1 aliphatic rings. The molecule has 7 heteroatoms. The minimum Gasteiger partial charge on any atom is -0.480 e. The first-order valence-corrected chi connectivity index (χ1v) is 7.07. The molecule has 1 aliphatic heterocycles. The predicted molar refractivity (Wildman–Crippen MR) is 84.4 cm³/mol. The first-order chi connectivity index (χ1) is 11.1. The summed E-state index contributed by atoms with van der Waals surface area (Å²) in [4.78, 5) is 14.8. The van der Waals surface area contributed by atoms with Crippen molar-refractivity contribution in [2.75, 3.05) is 13.4 Å². The number of benzene rings is 2. The highest BCUT2D eigenvalue weighted by molar-refractivity contribution is 6.32. The second kappa shape index (κ2) is 6.58. The number of hydrogen-bond donors (Lipinski definition) is 1. The number of halogens is 1. The van der Waals surface area contributed by atoms with Crippen LogP contribution >= 0.6 is 11.6 Å². The number of ether oxygens (including phenoxy) is 3. The van der Waals surface area contributed by atoms with Crippen LogP contribution in [-0.2, 0) is 4.79 Å². The van der Waals surface area contributed by atoms with Gasteiger partial charge in [0.2, 0.25) is 6.79 Å². The second-order valence-corrected chi connectivity index (χ2v) is 5.08. The van der Waals surface area contributed by atoms with Crippen LogP contribution in [0, 0.1) is 0 Å². The molecule has 2 aromatic carbocycles. The van der Waals surface area contributed by atoms with Crippen LogP contribution in [0.4, 0.5) is 5.69 Å². The molecule has 0 saturated heterocycles. The molecule has 0 bridgehead atoms. The average Bonchev–Trinajstić information content (AvgIpc) is 2.99. The topological polar surface area (TPSA) is 77.4 Å². The van der Waals surface area contributed by atoms with Gasteiger partial charge < -0.3 is 19.3 Å². The normalized spacial score (nSPS) is 12.6. The minimum atomic E-state index is -1.06. The van der Waals surface area contributed by atoms with Crippen LogP contribution in [0.5, 0.6) is 17.2 Å². The van der Waals surface area contributed by atoms with Crippen LogP contribution in [0.3, 0.4) is 0 Å². The monoisotopic (exact) mass is 333 g/mol. The Morgan fingerprint density at radius 2 is 2.09 bits per heavy atom. The maximum atomic E-state index is 10.5. The maximum Gasteiger partial charge on any atom is 0.341 e. The number of aliphatic carboxylic acids is 1. The van der Waals surface area contributed by atoms with Crippen LogP contribution in [0.1, 0.15) is 5.56 Å². The summed E-state index contributed by atoms with van der Waals surface area (Å²) in [5, 5.41) is 8.91. The van der Waals surface area contributed by atoms with Crippen molar-refractivity contribution < 1.29 is 24.1 Å². The molecule has 0 aromatic heterocycles. The highest BCUT2D eigenvalue weighted by Gasteiger charge is 2.12. The SMILES string of the molecule is O=C(O)COc1ccc(C=Nc2ccc3c(c2)OCO3)cc1Cl. The third kappa shape index (κ3) is 3.73. The van der Waals surface area contributed by atoms with E-state index < -0.39 is 12.6 Å². The number of nitrogens with zero attached hydrogens (tertiary/aromatic N) is 1. The van der Waals surface area contributed by atoms with Crippen molar-refractivity contribution in [3.05, 3.63) is 47.0 Å². The van der Waals surface area contributed by atoms with E-state index in [-0.39, 0.29) is 6.79 Å². The summed E-state index contributed by atoms with van der Waals surface area (Å²) in [6.07, 6.45) is 1.64. The van der Waals surface area contributed by atoms with Crippen LogP contribution in [-0.4, -0.2) is 30.7 Å². The van der Waals surface area contributed by atoms with Gasteiger partial charge in [0.15, 0.2) is 18.1 Å². The number of aliphatic imine (C=N–C) groups is 1. The number of hydrogen-bond acceptors (Lipinski definition) is 5. The molecule has 0 spiro atoms. The largest absolute Gasteiger partial charge is 0.480 e. The van der Waals surface area contributed by atoms with Crippen molar-refractivity contribution in [3.8, 4) is 17.2 Å². The van der Waals surface area contributed by atoms with Crippen molar-refractivity contribution in [3.63, 3.8) is 0 Å². The fourth-order valence-electron chi connectivity index (χ4n) is 1.97. The molecule has 118 valence electrons. The summed E-state index contributed by atoms with van der Waals surface area (Å²) in [6, 6.07) is 10.4. The second-order valence-electron chi connectivity index (χ2n) is 4.67. The first-order valence-electron chi connectivity index (χ1n) is 6.70. The number of carbonyl (C=O) groups is 1. The van der Waals surface area contributed by atoms with Crippen LogP contribution in [0.2, 0.25) is 5.02 Å². The molecular formula is C16H12ClNO5. The van der Waals surface area contributed by atoms with Crippen molar-refractivity contribution in [2.45, 2.75) is 0 Å². The molecule has 1 heterocycles. The van der Waals surface area contributed by atoms with Crippen LogP contribution < -0.4 is 14.2 Å². The Bertz CT molecular complexity index is 775. The van der Waals surface area contributed by atoms with Crippen molar-refractivity contribution in [1.29, 1.82) is 0 Å². The zero-order chi connectivity index (χ0) is 16.2. The Labute approximate surface area is 136 Å². The fourth-order valence-corrected chi connectivity index (χ4v) is 2.21. The summed E-state index contributed by atoms with van der Waals surface area (Å²) in [5.41, 5.74) is 1.48. The Hall–Kier alpha value is -2.73. The molecular weight excluding hydrogens is 322 g/mol. The standard InChI is InChI=1S/C16H12ClNO5/c17-12-5-10(1-3-13(12)21-8-16(19)20)7-18-11-2-4-14-15(6-11)23-9-22-14/h1-7H,8-9H2,(H,19,20). The molecule has 1 N–H and O–H groups in total. The van der Waals surface area contributed by atoms with Gasteiger partial charge in [-0.1, -0.05) is 11.6 Å². The van der Waals surface area contributed by atoms with E-state index in [1.54, 1.807) is 36.5 Å². The van der Waals surface area contributed by atoms with Gasteiger partial charge in [-0.3, -0.25) is 4.99 Å². The summed E-state index contributed by atoms with van der Waals surface area (Å²) >= 11 is 6.06. The predicted octanol–water partition coefficient (Wildman–Crippen LogP) is 3.28. The van der Waals surface area contributed by atoms with Crippen molar-refractivity contribution in [2.24, 2.45) is 4.99 Å². The van der Waals surface area contributed by atoms with Gasteiger partial charge in [0.05, 0.1) is 10.7 Å². The van der Waals surface area contributed by atoms with Crippen LogP contribution in [0.15, 0.2) is 41.4 Å². The van der Waals surface area contributed by atoms with Gasteiger partial charge in [0.1, 0.15) is 5.75 Å². The molecule has 0 aliphatic carbocycles. The minimum absolute atomic E-state index is 0.218. The van der Waals surface area contributed by atoms with Crippen molar-refractivity contribution in [1.82, 2.24) is 0 Å². The molecule has 0 atom stereocenters. The van der Waals surface area contributed by atoms with E-state index in [0.717, 1.165) is 11.3 Å². The van der Waals surface area contributed by atoms with Crippen molar-refractivity contribution >= 4 is 29.5 Å². The summed E-state index contributed by atoms with van der Waals surface area (Å²) in [5.74, 6) is 0.617. The van der Waals surface area contributed by atoms with E-state index in [2.05, 4.69) is 4.99 Å². The van der Waals surface area contributed by atoms with Crippen LogP contribution in [0.25, 0.3) is 0 Å². The average molecular weight is 334 g/mol. The van der Waals surface area contributed by atoms with E-state index in [9.17, 15) is 4.79 Å². The van der Waals surface area contributed by atoms with E-state index in [4.69, 9.17) is 30.9 Å². The van der Waals surface area contributed by atoms with Gasteiger partial charge in [-0.15, -0.1) is 0 Å². The van der Waals surface area contributed by atoms with Gasteiger partial charge in [-0.25, -0.2) is 4.79 Å². The molecule has 0 saturated carbocycles. The molecule has 0 unspecified atom stereocenters. The quantitative estimate of drug-likeness (QED) is 0.850. The molecule has 2 aromatic rings. The number of rotatable bonds is 5.